The Morgan fingerprint density at radius 2 is 2.33 bits per heavy atom. The zero-order chi connectivity index (χ0) is 11.1. The molecule has 3 N–H and O–H groups in total. The maximum Gasteiger partial charge on any atom is 0.244 e. The van der Waals surface area contributed by atoms with Crippen LogP contribution in [0.2, 0.25) is 5.15 Å². The van der Waals surface area contributed by atoms with Gasteiger partial charge in [0.2, 0.25) is 5.91 Å². The Hall–Kier alpha value is -0.650. The van der Waals surface area contributed by atoms with E-state index in [1.807, 2.05) is 0 Å². The standard InChI is InChI=1S/C9H9BrClN3O/c10-6-3-5(4-13-7(6)11)14-8(15)9(12)1-2-9/h3-4H,1-2,12H2,(H,14,15). The Morgan fingerprint density at radius 3 is 2.87 bits per heavy atom. The van der Waals surface area contributed by atoms with E-state index in [1.165, 1.54) is 6.20 Å². The molecule has 80 valence electrons. The van der Waals surface area contributed by atoms with Crippen LogP contribution in [0.3, 0.4) is 0 Å². The van der Waals surface area contributed by atoms with Gasteiger partial charge in [0.15, 0.2) is 0 Å². The van der Waals surface area contributed by atoms with Crippen LogP contribution in [0.5, 0.6) is 0 Å². The minimum absolute atomic E-state index is 0.168. The molecule has 0 atom stereocenters. The second-order valence-electron chi connectivity index (χ2n) is 3.61. The fourth-order valence-corrected chi connectivity index (χ4v) is 1.56. The van der Waals surface area contributed by atoms with Crippen LogP contribution in [-0.2, 0) is 4.79 Å². The van der Waals surface area contributed by atoms with E-state index < -0.39 is 5.54 Å². The Labute approximate surface area is 100 Å². The van der Waals surface area contributed by atoms with Crippen molar-refractivity contribution in [1.82, 2.24) is 4.98 Å². The molecule has 0 spiro atoms. The van der Waals surface area contributed by atoms with Crippen molar-refractivity contribution in [2.75, 3.05) is 5.32 Å². The van der Waals surface area contributed by atoms with Gasteiger partial charge in [0.1, 0.15) is 5.15 Å². The molecule has 1 heterocycles. The van der Waals surface area contributed by atoms with Crippen LogP contribution in [0.15, 0.2) is 16.7 Å². The first kappa shape index (κ1) is 10.9. The highest BCUT2D eigenvalue weighted by molar-refractivity contribution is 9.10. The molecule has 0 radical (unpaired) electrons. The Morgan fingerprint density at radius 1 is 1.67 bits per heavy atom. The number of rotatable bonds is 2. The van der Waals surface area contributed by atoms with E-state index in [9.17, 15) is 4.79 Å². The van der Waals surface area contributed by atoms with E-state index in [2.05, 4.69) is 26.2 Å². The van der Waals surface area contributed by atoms with Gasteiger partial charge < -0.3 is 11.1 Å². The summed E-state index contributed by atoms with van der Waals surface area (Å²) in [4.78, 5) is 15.5. The molecule has 1 amide bonds. The zero-order valence-electron chi connectivity index (χ0n) is 7.76. The van der Waals surface area contributed by atoms with Gasteiger partial charge in [-0.2, -0.15) is 0 Å². The third-order valence-corrected chi connectivity index (χ3v) is 3.43. The van der Waals surface area contributed by atoms with Gasteiger partial charge in [-0.1, -0.05) is 11.6 Å². The molecular weight excluding hydrogens is 281 g/mol. The van der Waals surface area contributed by atoms with Crippen LogP contribution in [-0.4, -0.2) is 16.4 Å². The van der Waals surface area contributed by atoms with E-state index >= 15 is 0 Å². The maximum atomic E-state index is 11.6. The molecule has 15 heavy (non-hydrogen) atoms. The van der Waals surface area contributed by atoms with Crippen LogP contribution in [0.25, 0.3) is 0 Å². The lowest BCUT2D eigenvalue weighted by molar-refractivity contribution is -0.118. The topological polar surface area (TPSA) is 68.0 Å². The van der Waals surface area contributed by atoms with E-state index in [1.54, 1.807) is 6.07 Å². The van der Waals surface area contributed by atoms with E-state index in [-0.39, 0.29) is 5.91 Å². The van der Waals surface area contributed by atoms with E-state index in [4.69, 9.17) is 17.3 Å². The van der Waals surface area contributed by atoms with Crippen LogP contribution in [0, 0.1) is 0 Å². The minimum Gasteiger partial charge on any atom is -0.323 e. The third-order valence-electron chi connectivity index (χ3n) is 2.30. The normalized spacial score (nSPS) is 17.3. The molecule has 0 unspecified atom stereocenters. The van der Waals surface area contributed by atoms with Crippen molar-refractivity contribution in [3.05, 3.63) is 21.9 Å². The molecule has 0 saturated heterocycles. The summed E-state index contributed by atoms with van der Waals surface area (Å²) in [7, 11) is 0. The lowest BCUT2D eigenvalue weighted by atomic mass is 10.2. The molecule has 1 aromatic heterocycles. The number of halogens is 2. The number of hydrogen-bond donors (Lipinski definition) is 2. The van der Waals surface area contributed by atoms with Crippen molar-refractivity contribution in [1.29, 1.82) is 0 Å². The zero-order valence-corrected chi connectivity index (χ0v) is 10.1. The number of carbonyl (C=O) groups excluding carboxylic acids is 1. The predicted molar refractivity (Wildman–Crippen MR) is 61.7 cm³/mol. The van der Waals surface area contributed by atoms with Gasteiger partial charge in [-0.15, -0.1) is 0 Å². The number of hydrogen-bond acceptors (Lipinski definition) is 3. The number of carbonyl (C=O) groups is 1. The Bertz CT molecular complexity index is 420. The molecule has 1 aromatic rings. The smallest absolute Gasteiger partial charge is 0.244 e. The molecule has 1 fully saturated rings. The number of nitrogens with two attached hydrogens (primary N) is 1. The predicted octanol–water partition coefficient (Wildman–Crippen LogP) is 1.93. The molecule has 1 aliphatic carbocycles. The SMILES string of the molecule is NC1(C(=O)Nc2cnc(Cl)c(Br)c2)CC1. The van der Waals surface area contributed by atoms with Crippen LogP contribution < -0.4 is 11.1 Å². The number of aromatic nitrogens is 1. The molecule has 2 rings (SSSR count). The molecular formula is C9H9BrClN3O. The summed E-state index contributed by atoms with van der Waals surface area (Å²) in [5.41, 5.74) is 5.65. The van der Waals surface area contributed by atoms with Crippen LogP contribution >= 0.6 is 27.5 Å². The summed E-state index contributed by atoms with van der Waals surface area (Å²) in [5, 5.41) is 3.06. The number of pyridine rings is 1. The van der Waals surface area contributed by atoms with E-state index in [0.29, 0.717) is 15.3 Å². The number of amides is 1. The monoisotopic (exact) mass is 289 g/mol. The first-order valence-corrected chi connectivity index (χ1v) is 5.60. The highest BCUT2D eigenvalue weighted by Gasteiger charge is 2.45. The summed E-state index contributed by atoms with van der Waals surface area (Å²) in [6.45, 7) is 0. The van der Waals surface area contributed by atoms with Crippen molar-refractivity contribution >= 4 is 39.1 Å². The summed E-state index contributed by atoms with van der Waals surface area (Å²) in [5.74, 6) is -0.168. The average molecular weight is 291 g/mol. The van der Waals surface area contributed by atoms with Gasteiger partial charge in [-0.3, -0.25) is 4.79 Å². The Balaban J connectivity index is 2.11. The fourth-order valence-electron chi connectivity index (χ4n) is 1.11. The lowest BCUT2D eigenvalue weighted by Gasteiger charge is -2.09. The number of anilines is 1. The fraction of sp³-hybridized carbons (Fsp3) is 0.333. The summed E-state index contributed by atoms with van der Waals surface area (Å²) >= 11 is 8.95. The summed E-state index contributed by atoms with van der Waals surface area (Å²) in [6.07, 6.45) is 2.97. The van der Waals surface area contributed by atoms with Crippen molar-refractivity contribution in [3.63, 3.8) is 0 Å². The molecule has 0 bridgehead atoms. The average Bonchev–Trinajstić information content (AvgIpc) is 2.92. The van der Waals surface area contributed by atoms with Gasteiger partial charge in [0.25, 0.3) is 0 Å². The Kier molecular flexibility index (Phi) is 2.70. The van der Waals surface area contributed by atoms with Crippen molar-refractivity contribution in [2.45, 2.75) is 18.4 Å². The molecule has 4 nitrogen and oxygen atoms in total. The highest BCUT2D eigenvalue weighted by atomic mass is 79.9. The van der Waals surface area contributed by atoms with Gasteiger partial charge >= 0.3 is 0 Å². The number of nitrogens with zero attached hydrogens (tertiary/aromatic N) is 1. The van der Waals surface area contributed by atoms with Crippen molar-refractivity contribution in [3.8, 4) is 0 Å². The number of nitrogens with one attached hydrogen (secondary N) is 1. The van der Waals surface area contributed by atoms with Gasteiger partial charge in [0, 0.05) is 0 Å². The van der Waals surface area contributed by atoms with Gasteiger partial charge in [-0.25, -0.2) is 4.98 Å². The lowest BCUT2D eigenvalue weighted by Crippen LogP contribution is -2.37. The summed E-state index contributed by atoms with van der Waals surface area (Å²) in [6, 6.07) is 1.69. The van der Waals surface area contributed by atoms with Crippen LogP contribution in [0.4, 0.5) is 5.69 Å². The van der Waals surface area contributed by atoms with Crippen molar-refractivity contribution in [2.24, 2.45) is 5.73 Å². The molecule has 6 heteroatoms. The molecule has 0 aromatic carbocycles. The van der Waals surface area contributed by atoms with Gasteiger partial charge in [-0.05, 0) is 34.8 Å². The third kappa shape index (κ3) is 2.30. The highest BCUT2D eigenvalue weighted by Crippen LogP contribution is 2.33. The quantitative estimate of drug-likeness (QED) is 0.818. The van der Waals surface area contributed by atoms with Crippen LogP contribution in [0.1, 0.15) is 12.8 Å². The molecule has 1 aliphatic rings. The first-order chi connectivity index (χ1) is 7.01. The second kappa shape index (κ2) is 3.73. The van der Waals surface area contributed by atoms with E-state index in [0.717, 1.165) is 12.8 Å². The minimum atomic E-state index is -0.674. The maximum absolute atomic E-state index is 11.6. The largest absolute Gasteiger partial charge is 0.323 e. The summed E-state index contributed by atoms with van der Waals surface area (Å²) < 4.78 is 0.642. The van der Waals surface area contributed by atoms with Crippen molar-refractivity contribution < 1.29 is 4.79 Å². The van der Waals surface area contributed by atoms with Gasteiger partial charge in [0.05, 0.1) is 21.9 Å². The second-order valence-corrected chi connectivity index (χ2v) is 4.82. The molecule has 0 aliphatic heterocycles. The molecule has 1 saturated carbocycles. The first-order valence-electron chi connectivity index (χ1n) is 4.43.